The van der Waals surface area contributed by atoms with Crippen LogP contribution in [0.5, 0.6) is 11.5 Å². The maximum atomic E-state index is 13.1. The Balaban J connectivity index is 1.63. The van der Waals surface area contributed by atoms with Gasteiger partial charge in [-0.1, -0.05) is 31.2 Å². The Kier molecular flexibility index (Phi) is 7.07. The van der Waals surface area contributed by atoms with E-state index in [0.29, 0.717) is 18.4 Å². The van der Waals surface area contributed by atoms with Gasteiger partial charge in [0.25, 0.3) is 0 Å². The van der Waals surface area contributed by atoms with E-state index in [0.717, 1.165) is 36.5 Å². The number of rotatable bonds is 9. The van der Waals surface area contributed by atoms with Crippen LogP contribution < -0.4 is 14.8 Å². The van der Waals surface area contributed by atoms with Gasteiger partial charge in [-0.15, -0.1) is 0 Å². The Morgan fingerprint density at radius 1 is 1.19 bits per heavy atom. The molecule has 2 aromatic rings. The molecule has 0 saturated carbocycles. The molecule has 5 heteroatoms. The topological polar surface area (TPSA) is 33.7 Å². The fraction of sp³-hybridized carbons (Fsp3) is 0.455. The minimum atomic E-state index is -0.242. The van der Waals surface area contributed by atoms with Gasteiger partial charge >= 0.3 is 0 Å². The molecular weight excluding hydrogens is 343 g/mol. The molecular formula is C22H29FN2O2. The molecule has 4 nitrogen and oxygen atoms in total. The van der Waals surface area contributed by atoms with Crippen LogP contribution in [0.15, 0.2) is 42.5 Å². The average molecular weight is 372 g/mol. The first-order chi connectivity index (χ1) is 13.2. The fourth-order valence-corrected chi connectivity index (χ4v) is 3.68. The van der Waals surface area contributed by atoms with Crippen LogP contribution in [-0.2, 0) is 13.2 Å². The second-order valence-corrected chi connectivity index (χ2v) is 6.92. The van der Waals surface area contributed by atoms with Crippen molar-refractivity contribution in [2.75, 3.05) is 26.7 Å². The van der Waals surface area contributed by atoms with Crippen molar-refractivity contribution >= 4 is 0 Å². The smallest absolute Gasteiger partial charge is 0.166 e. The SMILES string of the molecule is CCN1CCC[C@@H]1CNCc1cccc(OC)c1OCc1ccc(F)cc1. The van der Waals surface area contributed by atoms with Crippen LogP contribution in [0.1, 0.15) is 30.9 Å². The van der Waals surface area contributed by atoms with Gasteiger partial charge in [0, 0.05) is 24.7 Å². The highest BCUT2D eigenvalue weighted by Gasteiger charge is 2.22. The minimum absolute atomic E-state index is 0.242. The zero-order chi connectivity index (χ0) is 19.1. The number of benzene rings is 2. The summed E-state index contributed by atoms with van der Waals surface area (Å²) in [6.45, 7) is 6.61. The summed E-state index contributed by atoms with van der Waals surface area (Å²) in [6, 6.07) is 12.9. The molecule has 0 radical (unpaired) electrons. The van der Waals surface area contributed by atoms with E-state index in [1.807, 2.05) is 12.1 Å². The zero-order valence-corrected chi connectivity index (χ0v) is 16.2. The third-order valence-corrected chi connectivity index (χ3v) is 5.18. The molecule has 1 N–H and O–H groups in total. The normalized spacial score (nSPS) is 17.2. The van der Waals surface area contributed by atoms with E-state index in [-0.39, 0.29) is 5.82 Å². The third-order valence-electron chi connectivity index (χ3n) is 5.18. The number of para-hydroxylation sites is 1. The van der Waals surface area contributed by atoms with Crippen LogP contribution in [0.4, 0.5) is 4.39 Å². The number of ether oxygens (including phenoxy) is 2. The minimum Gasteiger partial charge on any atom is -0.493 e. The molecule has 0 unspecified atom stereocenters. The number of halogens is 1. The number of likely N-dealkylation sites (N-methyl/N-ethyl adjacent to an activating group) is 1. The predicted molar refractivity (Wildman–Crippen MR) is 106 cm³/mol. The van der Waals surface area contributed by atoms with Gasteiger partial charge in [0.15, 0.2) is 11.5 Å². The lowest BCUT2D eigenvalue weighted by Crippen LogP contribution is -2.37. The summed E-state index contributed by atoms with van der Waals surface area (Å²) in [4.78, 5) is 2.53. The van der Waals surface area contributed by atoms with Crippen molar-refractivity contribution in [2.24, 2.45) is 0 Å². The zero-order valence-electron chi connectivity index (χ0n) is 16.2. The van der Waals surface area contributed by atoms with Crippen molar-refractivity contribution in [3.8, 4) is 11.5 Å². The molecule has 1 fully saturated rings. The van der Waals surface area contributed by atoms with Gasteiger partial charge in [-0.05, 0) is 49.7 Å². The van der Waals surface area contributed by atoms with Gasteiger partial charge in [0.05, 0.1) is 7.11 Å². The Hall–Kier alpha value is -2.11. The molecule has 1 heterocycles. The van der Waals surface area contributed by atoms with Gasteiger partial charge in [0.1, 0.15) is 12.4 Å². The van der Waals surface area contributed by atoms with Gasteiger partial charge in [-0.25, -0.2) is 4.39 Å². The van der Waals surface area contributed by atoms with Crippen LogP contribution in [-0.4, -0.2) is 37.7 Å². The largest absolute Gasteiger partial charge is 0.493 e. The second kappa shape index (κ2) is 9.72. The summed E-state index contributed by atoms with van der Waals surface area (Å²) in [5, 5.41) is 3.58. The summed E-state index contributed by atoms with van der Waals surface area (Å²) >= 11 is 0. The van der Waals surface area contributed by atoms with Crippen molar-refractivity contribution in [3.05, 3.63) is 59.4 Å². The predicted octanol–water partition coefficient (Wildman–Crippen LogP) is 3.99. The van der Waals surface area contributed by atoms with Crippen molar-refractivity contribution in [3.63, 3.8) is 0 Å². The highest BCUT2D eigenvalue weighted by atomic mass is 19.1. The van der Waals surface area contributed by atoms with E-state index >= 15 is 0 Å². The van der Waals surface area contributed by atoms with Crippen molar-refractivity contribution in [2.45, 2.75) is 39.0 Å². The number of methoxy groups -OCH3 is 1. The fourth-order valence-electron chi connectivity index (χ4n) is 3.68. The van der Waals surface area contributed by atoms with E-state index in [2.05, 4.69) is 23.2 Å². The molecule has 0 spiro atoms. The molecule has 0 aliphatic carbocycles. The number of nitrogens with one attached hydrogen (secondary N) is 1. The summed E-state index contributed by atoms with van der Waals surface area (Å²) in [5.74, 6) is 1.22. The highest BCUT2D eigenvalue weighted by molar-refractivity contribution is 5.46. The van der Waals surface area contributed by atoms with Gasteiger partial charge in [-0.2, -0.15) is 0 Å². The lowest BCUT2D eigenvalue weighted by atomic mass is 10.1. The quantitative estimate of drug-likeness (QED) is 0.722. The molecule has 1 saturated heterocycles. The maximum Gasteiger partial charge on any atom is 0.166 e. The summed E-state index contributed by atoms with van der Waals surface area (Å²) in [6.07, 6.45) is 2.54. The van der Waals surface area contributed by atoms with Crippen LogP contribution in [0.25, 0.3) is 0 Å². The molecule has 0 bridgehead atoms. The van der Waals surface area contributed by atoms with Gasteiger partial charge in [0.2, 0.25) is 0 Å². The Labute approximate surface area is 161 Å². The number of nitrogens with zero attached hydrogens (tertiary/aromatic N) is 1. The van der Waals surface area contributed by atoms with Crippen molar-refractivity contribution < 1.29 is 13.9 Å². The Bertz CT molecular complexity index is 721. The standard InChI is InChI=1S/C22H29FN2O2/c1-3-25-13-5-7-20(25)15-24-14-18-6-4-8-21(26-2)22(18)27-16-17-9-11-19(23)12-10-17/h4,6,8-12,20,24H,3,5,7,13-16H2,1-2H3/t20-/m1/s1. The molecule has 1 atom stereocenters. The molecule has 0 amide bonds. The molecule has 1 aliphatic heterocycles. The summed E-state index contributed by atoms with van der Waals surface area (Å²) in [7, 11) is 1.65. The van der Waals surface area contributed by atoms with E-state index in [1.165, 1.54) is 31.5 Å². The molecule has 3 rings (SSSR count). The first kappa shape index (κ1) is 19.6. The lowest BCUT2D eigenvalue weighted by Gasteiger charge is -2.23. The first-order valence-corrected chi connectivity index (χ1v) is 9.69. The first-order valence-electron chi connectivity index (χ1n) is 9.69. The van der Waals surface area contributed by atoms with Crippen LogP contribution in [0.2, 0.25) is 0 Å². The molecule has 1 aliphatic rings. The second-order valence-electron chi connectivity index (χ2n) is 6.92. The molecule has 146 valence electrons. The van der Waals surface area contributed by atoms with E-state index in [4.69, 9.17) is 9.47 Å². The number of likely N-dealkylation sites (tertiary alicyclic amines) is 1. The summed E-state index contributed by atoms with van der Waals surface area (Å²) in [5.41, 5.74) is 1.99. The lowest BCUT2D eigenvalue weighted by molar-refractivity contribution is 0.258. The van der Waals surface area contributed by atoms with E-state index in [9.17, 15) is 4.39 Å². The van der Waals surface area contributed by atoms with E-state index < -0.39 is 0 Å². The van der Waals surface area contributed by atoms with Crippen LogP contribution >= 0.6 is 0 Å². The Morgan fingerprint density at radius 2 is 2.00 bits per heavy atom. The molecule has 27 heavy (non-hydrogen) atoms. The van der Waals surface area contributed by atoms with Crippen LogP contribution in [0, 0.1) is 5.82 Å². The van der Waals surface area contributed by atoms with Gasteiger partial charge in [-0.3, -0.25) is 4.90 Å². The molecule has 2 aromatic carbocycles. The van der Waals surface area contributed by atoms with Crippen molar-refractivity contribution in [1.29, 1.82) is 0 Å². The third kappa shape index (κ3) is 5.21. The Morgan fingerprint density at radius 3 is 2.74 bits per heavy atom. The summed E-state index contributed by atoms with van der Waals surface area (Å²) < 4.78 is 24.6. The maximum absolute atomic E-state index is 13.1. The van der Waals surface area contributed by atoms with Crippen LogP contribution in [0.3, 0.4) is 0 Å². The average Bonchev–Trinajstić information content (AvgIpc) is 3.15. The number of hydrogen-bond acceptors (Lipinski definition) is 4. The van der Waals surface area contributed by atoms with Gasteiger partial charge < -0.3 is 14.8 Å². The number of hydrogen-bond donors (Lipinski definition) is 1. The van der Waals surface area contributed by atoms with Crippen molar-refractivity contribution in [1.82, 2.24) is 10.2 Å². The highest BCUT2D eigenvalue weighted by Crippen LogP contribution is 2.32. The van der Waals surface area contributed by atoms with E-state index in [1.54, 1.807) is 19.2 Å². The molecule has 0 aromatic heterocycles. The monoisotopic (exact) mass is 372 g/mol.